The summed E-state index contributed by atoms with van der Waals surface area (Å²) in [6.07, 6.45) is -17.1. The highest BCUT2D eigenvalue weighted by Gasteiger charge is 2.59. The van der Waals surface area contributed by atoms with Gasteiger partial charge in [-0.1, -0.05) is 0 Å². The molecule has 9 rings (SSSR count). The van der Waals surface area contributed by atoms with Crippen LogP contribution in [0.1, 0.15) is 51.4 Å². The van der Waals surface area contributed by atoms with Crippen LogP contribution in [0.5, 0.6) is 0 Å². The van der Waals surface area contributed by atoms with E-state index in [1.807, 2.05) is 0 Å². The van der Waals surface area contributed by atoms with E-state index in [0.29, 0.717) is 0 Å². The van der Waals surface area contributed by atoms with Crippen molar-refractivity contribution in [3.63, 3.8) is 0 Å². The van der Waals surface area contributed by atoms with E-state index in [1.54, 1.807) is 0 Å². The summed E-state index contributed by atoms with van der Waals surface area (Å²) in [5.41, 5.74) is 0. The number of hydrogen-bond acceptors (Lipinski definition) is 8. The second-order valence-electron chi connectivity index (χ2n) is 16.5. The molecule has 0 aromatic carbocycles. The van der Waals surface area contributed by atoms with Gasteiger partial charge in [0.15, 0.2) is 0 Å². The van der Waals surface area contributed by atoms with Crippen molar-refractivity contribution in [1.82, 2.24) is 42.5 Å². The molecule has 272 valence electrons. The Morgan fingerprint density at radius 1 is 0.208 bits per heavy atom. The Morgan fingerprint density at radius 2 is 0.312 bits per heavy atom. The average Bonchev–Trinajstić information content (AvgIpc) is 3.74. The molecule has 4 aliphatic carbocycles. The van der Waals surface area contributed by atoms with E-state index in [2.05, 4.69) is 42.5 Å². The zero-order chi connectivity index (χ0) is 33.2. The van der Waals surface area contributed by atoms with E-state index in [-0.39, 0.29) is 98.7 Å². The van der Waals surface area contributed by atoms with Crippen LogP contribution in [0.4, 0.5) is 35.1 Å². The maximum atomic E-state index is 14.9. The molecule has 8 nitrogen and oxygen atoms in total. The summed E-state index contributed by atoms with van der Waals surface area (Å²) < 4.78 is 119. The van der Waals surface area contributed by atoms with Crippen LogP contribution in [-0.4, -0.2) is 98.7 Å². The van der Waals surface area contributed by atoms with Crippen molar-refractivity contribution in [3.05, 3.63) is 0 Å². The summed E-state index contributed by atoms with van der Waals surface area (Å²) in [5, 5.41) is 28.3. The highest BCUT2D eigenvalue weighted by Crippen LogP contribution is 2.48. The SMILES string of the molecule is FC1CC2C3NC(NC4NC(NC5NC(NC6NC(N3)C3CC(F)C(F)CC63)C3CC(F)C(F)CC53)C3CC(F)C(F)CC43)C2CC1F. The van der Waals surface area contributed by atoms with Crippen molar-refractivity contribution in [1.29, 1.82) is 0 Å². The summed E-state index contributed by atoms with van der Waals surface area (Å²) in [5.74, 6) is -2.53. The quantitative estimate of drug-likeness (QED) is 0.183. The lowest BCUT2D eigenvalue weighted by atomic mass is 9.74. The third-order valence-corrected chi connectivity index (χ3v) is 14.0. The first-order chi connectivity index (χ1) is 23.0. The molecule has 0 amide bonds. The normalized spacial score (nSPS) is 62.5. The largest absolute Gasteiger partial charge is 0.286 e. The zero-order valence-corrected chi connectivity index (χ0v) is 26.5. The van der Waals surface area contributed by atoms with E-state index in [9.17, 15) is 35.1 Å². The third kappa shape index (κ3) is 5.44. The minimum Gasteiger partial charge on any atom is -0.286 e. The van der Waals surface area contributed by atoms with Crippen molar-refractivity contribution >= 4 is 0 Å². The molecular formula is C32H48F8N8. The summed E-state index contributed by atoms with van der Waals surface area (Å²) in [6.45, 7) is 0. The van der Waals surface area contributed by atoms with Crippen LogP contribution >= 0.6 is 0 Å². The number of nitrogens with one attached hydrogen (secondary N) is 8. The van der Waals surface area contributed by atoms with Crippen LogP contribution in [0.2, 0.25) is 0 Å². The number of halogens is 8. The summed E-state index contributed by atoms with van der Waals surface area (Å²) in [6, 6.07) is 0. The Kier molecular flexibility index (Phi) is 8.50. The second kappa shape index (κ2) is 12.4. The molecule has 8 N–H and O–H groups in total. The van der Waals surface area contributed by atoms with Gasteiger partial charge in [0.05, 0.1) is 49.3 Å². The molecule has 5 heterocycles. The van der Waals surface area contributed by atoms with E-state index < -0.39 is 98.7 Å². The fourth-order valence-corrected chi connectivity index (χ4v) is 11.6. The Bertz CT molecular complexity index is 941. The van der Waals surface area contributed by atoms with Crippen molar-refractivity contribution in [2.45, 2.75) is 150 Å². The first kappa shape index (κ1) is 33.0. The lowest BCUT2D eigenvalue weighted by Crippen LogP contribution is -2.61. The highest BCUT2D eigenvalue weighted by molar-refractivity contribution is 5.11. The van der Waals surface area contributed by atoms with Crippen molar-refractivity contribution in [3.8, 4) is 0 Å². The van der Waals surface area contributed by atoms with Gasteiger partial charge >= 0.3 is 0 Å². The van der Waals surface area contributed by atoms with Gasteiger partial charge in [-0.25, -0.2) is 35.1 Å². The predicted molar refractivity (Wildman–Crippen MR) is 159 cm³/mol. The average molecular weight is 697 g/mol. The van der Waals surface area contributed by atoms with Crippen LogP contribution < -0.4 is 42.5 Å². The van der Waals surface area contributed by atoms with Gasteiger partial charge in [0.25, 0.3) is 0 Å². The highest BCUT2D eigenvalue weighted by atomic mass is 19.2. The Balaban J connectivity index is 1.07. The van der Waals surface area contributed by atoms with Gasteiger partial charge in [0.2, 0.25) is 0 Å². The standard InChI is InChI=1S/C32H48F8N8/c33-17-1-9-10(2-18(17)34)26-41-25(9)45-27-11-3-19(35)20(36)4-12(11)29(42-27)47-31-15-7-23(39)24(40)8-16(15)32(44-31)48-30-14-6-22(38)21(37)5-13(14)28(43-30)46-26/h9-32,41-48H,1-8H2. The van der Waals surface area contributed by atoms with Crippen molar-refractivity contribution in [2.24, 2.45) is 47.3 Å². The van der Waals surface area contributed by atoms with Gasteiger partial charge < -0.3 is 0 Å². The topological polar surface area (TPSA) is 96.2 Å². The maximum Gasteiger partial charge on any atom is 0.132 e. The number of rotatable bonds is 0. The van der Waals surface area contributed by atoms with Gasteiger partial charge in [-0.05, 0) is 98.7 Å². The fraction of sp³-hybridized carbons (Fsp3) is 1.00. The van der Waals surface area contributed by atoms with E-state index in [4.69, 9.17) is 0 Å². The Hall–Kier alpha value is -0.880. The van der Waals surface area contributed by atoms with E-state index in [0.717, 1.165) is 0 Å². The number of hydrogen-bond donors (Lipinski definition) is 8. The molecule has 5 aliphatic heterocycles. The van der Waals surface area contributed by atoms with Crippen LogP contribution in [0.15, 0.2) is 0 Å². The lowest BCUT2D eigenvalue weighted by Gasteiger charge is -2.38. The molecular weight excluding hydrogens is 648 g/mol. The molecule has 9 aliphatic rings. The fourth-order valence-electron chi connectivity index (χ4n) is 11.6. The molecule has 8 bridgehead atoms. The maximum absolute atomic E-state index is 14.9. The molecule has 0 radical (unpaired) electrons. The van der Waals surface area contributed by atoms with Gasteiger partial charge in [0, 0.05) is 0 Å². The molecule has 5 saturated heterocycles. The number of fused-ring (bicyclic) bond motifs is 20. The first-order valence-electron chi connectivity index (χ1n) is 18.2. The molecule has 9 fully saturated rings. The third-order valence-electron chi connectivity index (χ3n) is 14.0. The van der Waals surface area contributed by atoms with Gasteiger partial charge in [-0.2, -0.15) is 0 Å². The lowest BCUT2D eigenvalue weighted by molar-refractivity contribution is 0.0289. The minimum absolute atomic E-state index is 0.0173. The first-order valence-corrected chi connectivity index (χ1v) is 18.2. The summed E-state index contributed by atoms with van der Waals surface area (Å²) in [4.78, 5) is 0. The van der Waals surface area contributed by atoms with E-state index >= 15 is 0 Å². The van der Waals surface area contributed by atoms with E-state index in [1.165, 1.54) is 0 Å². The van der Waals surface area contributed by atoms with Crippen LogP contribution in [-0.2, 0) is 0 Å². The van der Waals surface area contributed by atoms with Crippen molar-refractivity contribution in [2.75, 3.05) is 0 Å². The van der Waals surface area contributed by atoms with Crippen LogP contribution in [0.3, 0.4) is 0 Å². The monoisotopic (exact) mass is 696 g/mol. The van der Waals surface area contributed by atoms with Crippen molar-refractivity contribution < 1.29 is 35.1 Å². The van der Waals surface area contributed by atoms with Crippen LogP contribution in [0.25, 0.3) is 0 Å². The van der Waals surface area contributed by atoms with Gasteiger partial charge in [0.1, 0.15) is 49.4 Å². The zero-order valence-electron chi connectivity index (χ0n) is 26.5. The molecule has 0 aromatic rings. The Morgan fingerprint density at radius 3 is 0.417 bits per heavy atom. The predicted octanol–water partition coefficient (Wildman–Crippen LogP) is 2.19. The molecule has 0 aromatic heterocycles. The van der Waals surface area contributed by atoms with Gasteiger partial charge in [-0.3, -0.25) is 42.5 Å². The molecule has 16 heteroatoms. The van der Waals surface area contributed by atoms with Crippen LogP contribution in [0, 0.1) is 47.3 Å². The van der Waals surface area contributed by atoms with Gasteiger partial charge in [-0.15, -0.1) is 0 Å². The minimum atomic E-state index is -1.64. The molecule has 16 atom stereocenters. The number of alkyl halides is 8. The summed E-state index contributed by atoms with van der Waals surface area (Å²) in [7, 11) is 0. The molecule has 16 unspecified atom stereocenters. The molecule has 48 heavy (non-hydrogen) atoms. The summed E-state index contributed by atoms with van der Waals surface area (Å²) >= 11 is 0. The Labute approximate surface area is 275 Å². The molecule has 4 saturated carbocycles. The molecule has 0 spiro atoms. The smallest absolute Gasteiger partial charge is 0.132 e. The second-order valence-corrected chi connectivity index (χ2v) is 16.5.